The van der Waals surface area contributed by atoms with Gasteiger partial charge in [0.2, 0.25) is 5.91 Å². The van der Waals surface area contributed by atoms with Crippen LogP contribution in [0.15, 0.2) is 72.8 Å². The van der Waals surface area contributed by atoms with Crippen LogP contribution in [0.25, 0.3) is 21.2 Å². The summed E-state index contributed by atoms with van der Waals surface area (Å²) in [7, 11) is 4.39. The summed E-state index contributed by atoms with van der Waals surface area (Å²) in [6, 6.07) is 23.2. The van der Waals surface area contributed by atoms with Gasteiger partial charge in [-0.05, 0) is 53.3 Å². The topological polar surface area (TPSA) is 84.5 Å². The molecule has 4 aromatic rings. The molecule has 0 aliphatic carbocycles. The molecule has 0 atom stereocenters. The van der Waals surface area contributed by atoms with Gasteiger partial charge in [0.05, 0.1) is 37.7 Å². The molecule has 1 saturated heterocycles. The lowest BCUT2D eigenvalue weighted by Crippen LogP contribution is -2.48. The van der Waals surface area contributed by atoms with E-state index in [0.29, 0.717) is 22.7 Å². The van der Waals surface area contributed by atoms with Crippen molar-refractivity contribution in [3.63, 3.8) is 0 Å². The number of rotatable bonds is 8. The molecule has 2 amide bonds. The van der Waals surface area contributed by atoms with Gasteiger partial charge in [-0.1, -0.05) is 42.5 Å². The number of anilines is 2. The van der Waals surface area contributed by atoms with Crippen LogP contribution in [0.2, 0.25) is 0 Å². The minimum absolute atomic E-state index is 0.0865. The fraction of sp³-hybridized carbons (Fsp3) is 0.281. The molecular formula is C32H34N3O4S+. The van der Waals surface area contributed by atoms with Crippen molar-refractivity contribution >= 4 is 51.1 Å². The summed E-state index contributed by atoms with van der Waals surface area (Å²) in [6.45, 7) is 1.96. The third kappa shape index (κ3) is 6.94. The predicted molar refractivity (Wildman–Crippen MR) is 161 cm³/mol. The highest BCUT2D eigenvalue weighted by atomic mass is 32.1. The number of amides is 2. The van der Waals surface area contributed by atoms with Crippen LogP contribution in [-0.4, -0.2) is 56.1 Å². The van der Waals surface area contributed by atoms with Crippen molar-refractivity contribution < 1.29 is 23.6 Å². The monoisotopic (exact) mass is 556 g/mol. The Labute approximate surface area is 238 Å². The summed E-state index contributed by atoms with van der Waals surface area (Å²) in [4.78, 5) is 37.4. The van der Waals surface area contributed by atoms with Gasteiger partial charge in [-0.15, -0.1) is 11.3 Å². The molecule has 7 nitrogen and oxygen atoms in total. The number of ether oxygens (including phenoxy) is 1. The Morgan fingerprint density at radius 2 is 1.75 bits per heavy atom. The van der Waals surface area contributed by atoms with Crippen LogP contribution in [0.5, 0.6) is 0 Å². The van der Waals surface area contributed by atoms with Crippen LogP contribution in [0, 0.1) is 0 Å². The average molecular weight is 557 g/mol. The molecule has 1 fully saturated rings. The number of quaternary nitrogens is 1. The Bertz CT molecular complexity index is 1520. The van der Waals surface area contributed by atoms with Crippen LogP contribution in [0.4, 0.5) is 16.2 Å². The van der Waals surface area contributed by atoms with Gasteiger partial charge < -0.3 is 14.5 Å². The highest BCUT2D eigenvalue weighted by molar-refractivity contribution is 7.20. The number of nitrogens with one attached hydrogen (secondary N) is 2. The molecule has 1 aliphatic heterocycles. The van der Waals surface area contributed by atoms with Gasteiger partial charge in [0, 0.05) is 35.2 Å². The van der Waals surface area contributed by atoms with Gasteiger partial charge in [0.15, 0.2) is 6.29 Å². The zero-order chi connectivity index (χ0) is 28.1. The number of benzene rings is 3. The maximum atomic E-state index is 12.9. The van der Waals surface area contributed by atoms with Gasteiger partial charge >= 0.3 is 6.09 Å². The lowest BCUT2D eigenvalue weighted by Gasteiger charge is -2.36. The van der Waals surface area contributed by atoms with Gasteiger partial charge in [-0.3, -0.25) is 14.9 Å². The van der Waals surface area contributed by atoms with Crippen molar-refractivity contribution in [2.24, 2.45) is 0 Å². The van der Waals surface area contributed by atoms with Crippen LogP contribution < -0.4 is 10.6 Å². The number of hydrogen-bond acceptors (Lipinski definition) is 5. The molecule has 1 aliphatic rings. The molecule has 2 heterocycles. The number of nitrogens with zero attached hydrogens (tertiary/aromatic N) is 1. The molecule has 0 bridgehead atoms. The van der Waals surface area contributed by atoms with Gasteiger partial charge in [0.1, 0.15) is 6.10 Å². The smallest absolute Gasteiger partial charge is 0.411 e. The molecule has 1 aromatic heterocycles. The van der Waals surface area contributed by atoms with E-state index in [1.807, 2.05) is 72.8 Å². The highest BCUT2D eigenvalue weighted by Gasteiger charge is 2.28. The van der Waals surface area contributed by atoms with Gasteiger partial charge in [-0.2, -0.15) is 0 Å². The summed E-state index contributed by atoms with van der Waals surface area (Å²) in [6.07, 6.45) is 2.78. The maximum Gasteiger partial charge on any atom is 0.411 e. The third-order valence-corrected chi connectivity index (χ3v) is 8.41. The quantitative estimate of drug-likeness (QED) is 0.186. The second-order valence-corrected chi connectivity index (χ2v) is 12.0. The Balaban J connectivity index is 1.25. The standard InChI is InChI=1S/C32H33N3O4S/c1-35(2)16-14-26(15-17-35)39-32(38)34-29-18-22(8-11-28(29)23-6-4-3-5-7-23)9-13-31(37)33-25-10-12-30-24(19-25)20-27(21-36)40-30/h3-8,10-12,18-21,26H,9,13-17H2,1-2H3,(H-,33,34,37,38)/p+1. The summed E-state index contributed by atoms with van der Waals surface area (Å²) < 4.78 is 7.73. The summed E-state index contributed by atoms with van der Waals surface area (Å²) in [5.41, 5.74) is 4.18. The minimum Gasteiger partial charge on any atom is -0.446 e. The Morgan fingerprint density at radius 3 is 2.50 bits per heavy atom. The molecule has 40 heavy (non-hydrogen) atoms. The SMILES string of the molecule is C[N+]1(C)CCC(OC(=O)Nc2cc(CCC(=O)Nc3ccc4sc(C=O)cc4c3)ccc2-c2ccccc2)CC1. The van der Waals surface area contributed by atoms with E-state index in [1.54, 1.807) is 0 Å². The van der Waals surface area contributed by atoms with E-state index in [2.05, 4.69) is 24.7 Å². The third-order valence-electron chi connectivity index (χ3n) is 7.37. The largest absolute Gasteiger partial charge is 0.446 e. The number of fused-ring (bicyclic) bond motifs is 1. The first kappa shape index (κ1) is 27.6. The number of piperidine rings is 1. The summed E-state index contributed by atoms with van der Waals surface area (Å²) >= 11 is 1.43. The zero-order valence-electron chi connectivity index (χ0n) is 22.8. The fourth-order valence-corrected chi connectivity index (χ4v) is 5.91. The normalized spacial score (nSPS) is 14.9. The molecule has 3 aromatic carbocycles. The second kappa shape index (κ2) is 12.0. The first-order valence-electron chi connectivity index (χ1n) is 13.5. The molecule has 0 radical (unpaired) electrons. The summed E-state index contributed by atoms with van der Waals surface area (Å²) in [5, 5.41) is 6.86. The minimum atomic E-state index is -0.453. The Hall–Kier alpha value is -4.01. The number of likely N-dealkylation sites (tertiary alicyclic amines) is 1. The van der Waals surface area contributed by atoms with Crippen molar-refractivity contribution in [2.75, 3.05) is 37.8 Å². The molecular weight excluding hydrogens is 522 g/mol. The molecule has 5 rings (SSSR count). The number of aldehydes is 1. The molecule has 0 saturated carbocycles. The van der Waals surface area contributed by atoms with Crippen LogP contribution >= 0.6 is 11.3 Å². The highest BCUT2D eigenvalue weighted by Crippen LogP contribution is 2.31. The van der Waals surface area contributed by atoms with E-state index in [9.17, 15) is 14.4 Å². The van der Waals surface area contributed by atoms with E-state index >= 15 is 0 Å². The van der Waals surface area contributed by atoms with E-state index < -0.39 is 6.09 Å². The van der Waals surface area contributed by atoms with E-state index in [-0.39, 0.29) is 18.4 Å². The van der Waals surface area contributed by atoms with Gasteiger partial charge in [-0.25, -0.2) is 4.79 Å². The van der Waals surface area contributed by atoms with Crippen molar-refractivity contribution in [3.05, 3.63) is 83.2 Å². The summed E-state index contributed by atoms with van der Waals surface area (Å²) in [5.74, 6) is -0.107. The number of carbonyl (C=O) groups is 3. The number of carbonyl (C=O) groups excluding carboxylic acids is 3. The predicted octanol–water partition coefficient (Wildman–Crippen LogP) is 6.74. The van der Waals surface area contributed by atoms with Crippen molar-refractivity contribution in [2.45, 2.75) is 31.8 Å². The van der Waals surface area contributed by atoms with Crippen molar-refractivity contribution in [1.29, 1.82) is 0 Å². The molecule has 8 heteroatoms. The fourth-order valence-electron chi connectivity index (χ4n) is 5.05. The maximum absolute atomic E-state index is 12.9. The number of aryl methyl sites for hydroxylation is 1. The van der Waals surface area contributed by atoms with Crippen LogP contribution in [0.1, 0.15) is 34.5 Å². The number of thiophene rings is 1. The molecule has 0 spiro atoms. The average Bonchev–Trinajstić information content (AvgIpc) is 3.36. The van der Waals surface area contributed by atoms with Crippen LogP contribution in [-0.2, 0) is 16.0 Å². The Morgan fingerprint density at radius 1 is 0.975 bits per heavy atom. The lowest BCUT2D eigenvalue weighted by atomic mass is 9.99. The van der Waals surface area contributed by atoms with Crippen molar-refractivity contribution in [1.82, 2.24) is 0 Å². The van der Waals surface area contributed by atoms with E-state index in [0.717, 1.165) is 63.5 Å². The van der Waals surface area contributed by atoms with E-state index in [1.165, 1.54) is 11.3 Å². The first-order valence-corrected chi connectivity index (χ1v) is 14.4. The molecule has 0 unspecified atom stereocenters. The number of hydrogen-bond donors (Lipinski definition) is 2. The second-order valence-electron chi connectivity index (χ2n) is 10.9. The van der Waals surface area contributed by atoms with E-state index in [4.69, 9.17) is 4.74 Å². The first-order chi connectivity index (χ1) is 19.3. The molecule has 206 valence electrons. The van der Waals surface area contributed by atoms with Gasteiger partial charge in [0.25, 0.3) is 0 Å². The van der Waals surface area contributed by atoms with Crippen molar-refractivity contribution in [3.8, 4) is 11.1 Å². The van der Waals surface area contributed by atoms with Crippen LogP contribution in [0.3, 0.4) is 0 Å². The molecule has 2 N–H and O–H groups in total. The zero-order valence-corrected chi connectivity index (χ0v) is 23.6. The Kier molecular flexibility index (Phi) is 8.28. The lowest BCUT2D eigenvalue weighted by molar-refractivity contribution is -0.896.